The Morgan fingerprint density at radius 3 is 2.57 bits per heavy atom. The lowest BCUT2D eigenvalue weighted by molar-refractivity contribution is 0.101. The summed E-state index contributed by atoms with van der Waals surface area (Å²) < 4.78 is 5.04. The molecule has 0 atom stereocenters. The molecule has 0 aliphatic heterocycles. The molecular weight excluding hydrogens is 202 g/mol. The van der Waals surface area contributed by atoms with Crippen molar-refractivity contribution in [2.45, 2.75) is 6.92 Å². The summed E-state index contributed by atoms with van der Waals surface area (Å²) in [7, 11) is 3.25. The zero-order valence-corrected chi connectivity index (χ0v) is 9.11. The Labute approximate surface area is 88.0 Å². The largest absolute Gasteiger partial charge is 0.495 e. The van der Waals surface area contributed by atoms with Crippen LogP contribution in [0.5, 0.6) is 5.75 Å². The molecule has 76 valence electrons. The zero-order chi connectivity index (χ0) is 10.7. The first-order valence-electron chi connectivity index (χ1n) is 4.17. The van der Waals surface area contributed by atoms with Crippen molar-refractivity contribution in [2.24, 2.45) is 0 Å². The minimum atomic E-state index is -0.0288. The van der Waals surface area contributed by atoms with Gasteiger partial charge in [0.05, 0.1) is 12.8 Å². The van der Waals surface area contributed by atoms with Crippen LogP contribution in [0.25, 0.3) is 0 Å². The minimum Gasteiger partial charge on any atom is -0.495 e. The molecule has 3 nitrogen and oxygen atoms in total. The topological polar surface area (TPSA) is 38.3 Å². The second kappa shape index (κ2) is 4.33. The number of Topliss-reactive ketones (excluding diaryl/α,β-unsaturated/α-hetero) is 1. The maximum Gasteiger partial charge on any atom is 0.161 e. The van der Waals surface area contributed by atoms with E-state index in [4.69, 9.17) is 16.3 Å². The van der Waals surface area contributed by atoms with Crippen LogP contribution in [0.2, 0.25) is 5.02 Å². The molecule has 0 aliphatic carbocycles. The smallest absolute Gasteiger partial charge is 0.161 e. The van der Waals surface area contributed by atoms with Crippen LogP contribution in [0.15, 0.2) is 12.1 Å². The van der Waals surface area contributed by atoms with Crippen LogP contribution in [0.1, 0.15) is 17.3 Å². The van der Waals surface area contributed by atoms with E-state index in [1.54, 1.807) is 19.2 Å². The number of ether oxygens (including phenoxy) is 1. The lowest BCUT2D eigenvalue weighted by Gasteiger charge is -2.11. The number of ketones is 1. The second-order valence-corrected chi connectivity index (χ2v) is 3.19. The predicted octanol–water partition coefficient (Wildman–Crippen LogP) is 2.59. The van der Waals surface area contributed by atoms with Gasteiger partial charge in [0.2, 0.25) is 0 Å². The van der Waals surface area contributed by atoms with Gasteiger partial charge in [0.1, 0.15) is 10.8 Å². The highest BCUT2D eigenvalue weighted by molar-refractivity contribution is 6.35. The molecule has 0 heterocycles. The molecule has 14 heavy (non-hydrogen) atoms. The monoisotopic (exact) mass is 213 g/mol. The maximum atomic E-state index is 11.2. The van der Waals surface area contributed by atoms with Crippen LogP contribution in [0, 0.1) is 0 Å². The van der Waals surface area contributed by atoms with Crippen molar-refractivity contribution in [3.8, 4) is 5.75 Å². The molecule has 0 amide bonds. The summed E-state index contributed by atoms with van der Waals surface area (Å²) in [5.41, 5.74) is 1.18. The molecule has 0 aliphatic rings. The summed E-state index contributed by atoms with van der Waals surface area (Å²) in [6.07, 6.45) is 0. The third kappa shape index (κ3) is 1.82. The maximum absolute atomic E-state index is 11.2. The van der Waals surface area contributed by atoms with E-state index in [2.05, 4.69) is 5.32 Å². The standard InChI is InChI=1S/C10H12ClNO2/c1-6(13)7-4-5-8(14-3)9(11)10(7)12-2/h4-5,12H,1-3H3. The molecule has 0 unspecified atom stereocenters. The third-order valence-corrected chi connectivity index (χ3v) is 2.33. The molecule has 1 N–H and O–H groups in total. The molecule has 1 aromatic carbocycles. The summed E-state index contributed by atoms with van der Waals surface area (Å²) in [4.78, 5) is 11.2. The van der Waals surface area contributed by atoms with Gasteiger partial charge >= 0.3 is 0 Å². The number of hydrogen-bond acceptors (Lipinski definition) is 3. The fraction of sp³-hybridized carbons (Fsp3) is 0.300. The molecule has 0 fully saturated rings. The van der Waals surface area contributed by atoms with Gasteiger partial charge in [0.15, 0.2) is 5.78 Å². The van der Waals surface area contributed by atoms with Gasteiger partial charge in [0, 0.05) is 12.6 Å². The molecule has 4 heteroatoms. The highest BCUT2D eigenvalue weighted by atomic mass is 35.5. The average molecular weight is 214 g/mol. The Balaban J connectivity index is 3.35. The third-order valence-electron chi connectivity index (χ3n) is 1.96. The van der Waals surface area contributed by atoms with Gasteiger partial charge < -0.3 is 10.1 Å². The van der Waals surface area contributed by atoms with Gasteiger partial charge in [0.25, 0.3) is 0 Å². The van der Waals surface area contributed by atoms with Crippen molar-refractivity contribution in [1.29, 1.82) is 0 Å². The van der Waals surface area contributed by atoms with Crippen molar-refractivity contribution < 1.29 is 9.53 Å². The molecule has 1 rings (SSSR count). The van der Waals surface area contributed by atoms with Crippen molar-refractivity contribution in [3.05, 3.63) is 22.7 Å². The van der Waals surface area contributed by atoms with Crippen LogP contribution in [-0.2, 0) is 0 Å². The molecule has 0 saturated heterocycles. The highest BCUT2D eigenvalue weighted by Crippen LogP contribution is 2.34. The van der Waals surface area contributed by atoms with Crippen molar-refractivity contribution >= 4 is 23.1 Å². The van der Waals surface area contributed by atoms with Crippen LogP contribution in [0.4, 0.5) is 5.69 Å². The first-order chi connectivity index (χ1) is 6.61. The zero-order valence-electron chi connectivity index (χ0n) is 8.35. The van der Waals surface area contributed by atoms with E-state index in [1.807, 2.05) is 0 Å². The second-order valence-electron chi connectivity index (χ2n) is 2.81. The summed E-state index contributed by atoms with van der Waals surface area (Å²) >= 11 is 6.02. The number of anilines is 1. The van der Waals surface area contributed by atoms with E-state index in [-0.39, 0.29) is 5.78 Å². The fourth-order valence-corrected chi connectivity index (χ4v) is 1.59. The van der Waals surface area contributed by atoms with Crippen LogP contribution in [0.3, 0.4) is 0 Å². The number of carbonyl (C=O) groups excluding carboxylic acids is 1. The van der Waals surface area contributed by atoms with E-state index in [1.165, 1.54) is 14.0 Å². The molecular formula is C10H12ClNO2. The summed E-state index contributed by atoms with van der Waals surface area (Å²) in [6, 6.07) is 3.37. The molecule has 0 radical (unpaired) electrons. The van der Waals surface area contributed by atoms with Gasteiger partial charge in [-0.3, -0.25) is 4.79 Å². The first kappa shape index (κ1) is 10.9. The predicted molar refractivity (Wildman–Crippen MR) is 57.6 cm³/mol. The lowest BCUT2D eigenvalue weighted by atomic mass is 10.1. The Bertz CT molecular complexity index is 363. The lowest BCUT2D eigenvalue weighted by Crippen LogP contribution is -2.01. The van der Waals surface area contributed by atoms with Gasteiger partial charge in [-0.15, -0.1) is 0 Å². The Hall–Kier alpha value is -1.22. The Kier molecular flexibility index (Phi) is 3.36. The first-order valence-corrected chi connectivity index (χ1v) is 4.54. The van der Waals surface area contributed by atoms with Gasteiger partial charge in [-0.1, -0.05) is 11.6 Å². The van der Waals surface area contributed by atoms with Gasteiger partial charge in [-0.2, -0.15) is 0 Å². The van der Waals surface area contributed by atoms with Crippen LogP contribution in [-0.4, -0.2) is 19.9 Å². The highest BCUT2D eigenvalue weighted by Gasteiger charge is 2.13. The number of methoxy groups -OCH3 is 1. The SMILES string of the molecule is CNc1c(C(C)=O)ccc(OC)c1Cl. The van der Waals surface area contributed by atoms with E-state index >= 15 is 0 Å². The average Bonchev–Trinajstić information content (AvgIpc) is 2.17. The number of hydrogen-bond donors (Lipinski definition) is 1. The normalized spacial score (nSPS) is 9.71. The fourth-order valence-electron chi connectivity index (χ4n) is 1.25. The molecule has 0 saturated carbocycles. The van der Waals surface area contributed by atoms with Gasteiger partial charge in [-0.05, 0) is 19.1 Å². The van der Waals surface area contributed by atoms with E-state index in [9.17, 15) is 4.79 Å². The summed E-state index contributed by atoms with van der Waals surface area (Å²) in [6.45, 7) is 1.50. The van der Waals surface area contributed by atoms with Crippen molar-refractivity contribution in [1.82, 2.24) is 0 Å². The molecule has 0 aromatic heterocycles. The summed E-state index contributed by atoms with van der Waals surface area (Å²) in [5.74, 6) is 0.528. The van der Waals surface area contributed by atoms with E-state index in [0.717, 1.165) is 0 Å². The molecule has 0 spiro atoms. The Morgan fingerprint density at radius 1 is 1.50 bits per heavy atom. The Morgan fingerprint density at radius 2 is 2.14 bits per heavy atom. The van der Waals surface area contributed by atoms with Crippen LogP contribution < -0.4 is 10.1 Å². The number of halogens is 1. The molecule has 0 bridgehead atoms. The van der Waals surface area contributed by atoms with E-state index in [0.29, 0.717) is 22.0 Å². The van der Waals surface area contributed by atoms with Crippen LogP contribution >= 0.6 is 11.6 Å². The number of nitrogens with one attached hydrogen (secondary N) is 1. The minimum absolute atomic E-state index is 0.0288. The quantitative estimate of drug-likeness (QED) is 0.785. The van der Waals surface area contributed by atoms with Crippen molar-refractivity contribution in [3.63, 3.8) is 0 Å². The number of benzene rings is 1. The number of rotatable bonds is 3. The number of carbonyl (C=O) groups is 1. The van der Waals surface area contributed by atoms with Gasteiger partial charge in [-0.25, -0.2) is 0 Å². The van der Waals surface area contributed by atoms with E-state index < -0.39 is 0 Å². The van der Waals surface area contributed by atoms with Crippen molar-refractivity contribution in [2.75, 3.05) is 19.5 Å². The summed E-state index contributed by atoms with van der Waals surface area (Å²) in [5, 5.41) is 3.32. The molecule has 1 aromatic rings.